The first kappa shape index (κ1) is 23.1. The van der Waals surface area contributed by atoms with E-state index in [1.807, 2.05) is 67.6 Å². The summed E-state index contributed by atoms with van der Waals surface area (Å²) in [5, 5.41) is 4.32. The predicted octanol–water partition coefficient (Wildman–Crippen LogP) is 7.66. The van der Waals surface area contributed by atoms with Crippen LogP contribution in [0.5, 0.6) is 0 Å². The van der Waals surface area contributed by atoms with Crippen molar-refractivity contribution in [1.82, 2.24) is 0 Å². The standard InChI is InChI=1S/C30H28N2O2S/c1-2-34-30(33)27-24-18-10-12-20-26(24)35-29(27)32-28(22-15-7-4-8-16-22)31-25-19-11-9-17-23(25)21-13-5-3-6-14-21/h3-9,11,13-17,19H,2,10,12,18,20H2,1H3,(H,31,32). The fraction of sp³-hybridized carbons (Fsp3) is 0.200. The molecule has 176 valence electrons. The lowest BCUT2D eigenvalue weighted by molar-refractivity contribution is 0.0526. The minimum atomic E-state index is -0.275. The average molecular weight is 481 g/mol. The molecule has 0 saturated carbocycles. The van der Waals surface area contributed by atoms with Gasteiger partial charge in [-0.2, -0.15) is 0 Å². The molecule has 0 spiro atoms. The molecule has 0 unspecified atom stereocenters. The highest BCUT2D eigenvalue weighted by Crippen LogP contribution is 2.41. The Labute approximate surface area is 210 Å². The molecule has 3 aromatic carbocycles. The summed E-state index contributed by atoms with van der Waals surface area (Å²) in [5.41, 5.74) is 5.89. The summed E-state index contributed by atoms with van der Waals surface area (Å²) in [6.07, 6.45) is 4.13. The van der Waals surface area contributed by atoms with Crippen molar-refractivity contribution in [3.05, 3.63) is 106 Å². The smallest absolute Gasteiger partial charge is 0.341 e. The molecule has 1 N–H and O–H groups in total. The Bertz CT molecular complexity index is 1340. The third-order valence-electron chi connectivity index (χ3n) is 6.16. The molecule has 0 saturated heterocycles. The number of carbonyl (C=O) groups excluding carboxylic acids is 1. The number of anilines is 1. The van der Waals surface area contributed by atoms with Gasteiger partial charge in [0.25, 0.3) is 0 Å². The minimum Gasteiger partial charge on any atom is -0.462 e. The predicted molar refractivity (Wildman–Crippen MR) is 145 cm³/mol. The second kappa shape index (κ2) is 10.7. The largest absolute Gasteiger partial charge is 0.462 e. The molecule has 0 aliphatic heterocycles. The molecular weight excluding hydrogens is 452 g/mol. The van der Waals surface area contributed by atoms with E-state index in [0.717, 1.165) is 58.6 Å². The van der Waals surface area contributed by atoms with Crippen molar-refractivity contribution in [2.45, 2.75) is 32.6 Å². The van der Waals surface area contributed by atoms with Crippen LogP contribution in [0.4, 0.5) is 10.7 Å². The maximum atomic E-state index is 13.0. The summed E-state index contributed by atoms with van der Waals surface area (Å²) in [5.74, 6) is 0.431. The lowest BCUT2D eigenvalue weighted by Crippen LogP contribution is -2.14. The molecule has 0 fully saturated rings. The number of hydrogen-bond donors (Lipinski definition) is 1. The van der Waals surface area contributed by atoms with Gasteiger partial charge in [0, 0.05) is 21.7 Å². The van der Waals surface area contributed by atoms with E-state index in [-0.39, 0.29) is 5.97 Å². The molecule has 5 rings (SSSR count). The van der Waals surface area contributed by atoms with Crippen LogP contribution in [0.15, 0.2) is 89.9 Å². The van der Waals surface area contributed by atoms with E-state index in [2.05, 4.69) is 29.6 Å². The summed E-state index contributed by atoms with van der Waals surface area (Å²) in [7, 11) is 0. The Morgan fingerprint density at radius 1 is 0.914 bits per heavy atom. The van der Waals surface area contributed by atoms with Crippen molar-refractivity contribution in [1.29, 1.82) is 0 Å². The number of esters is 1. The van der Waals surface area contributed by atoms with E-state index in [4.69, 9.17) is 9.73 Å². The number of nitrogens with zero attached hydrogens (tertiary/aromatic N) is 1. The van der Waals surface area contributed by atoms with Gasteiger partial charge in [-0.1, -0.05) is 78.9 Å². The Morgan fingerprint density at radius 2 is 1.60 bits per heavy atom. The van der Waals surface area contributed by atoms with Crippen LogP contribution in [0.3, 0.4) is 0 Å². The molecule has 1 aliphatic rings. The molecule has 0 amide bonds. The average Bonchev–Trinajstić information content (AvgIpc) is 3.28. The van der Waals surface area contributed by atoms with Gasteiger partial charge in [-0.15, -0.1) is 11.3 Å². The minimum absolute atomic E-state index is 0.275. The van der Waals surface area contributed by atoms with E-state index in [1.165, 1.54) is 4.88 Å². The molecule has 1 aromatic heterocycles. The van der Waals surface area contributed by atoms with Crippen molar-refractivity contribution >= 4 is 33.8 Å². The molecule has 0 radical (unpaired) electrons. The van der Waals surface area contributed by atoms with Crippen LogP contribution >= 0.6 is 11.3 Å². The van der Waals surface area contributed by atoms with Crippen LogP contribution in [0.2, 0.25) is 0 Å². The zero-order valence-corrected chi connectivity index (χ0v) is 20.6. The first-order chi connectivity index (χ1) is 17.2. The number of carbonyl (C=O) groups is 1. The number of hydrogen-bond acceptors (Lipinski definition) is 4. The number of aliphatic imine (C=N–C) groups is 1. The van der Waals surface area contributed by atoms with Crippen molar-refractivity contribution in [3.8, 4) is 11.1 Å². The lowest BCUT2D eigenvalue weighted by Gasteiger charge is -2.15. The summed E-state index contributed by atoms with van der Waals surface area (Å²) in [4.78, 5) is 19.4. The highest BCUT2D eigenvalue weighted by molar-refractivity contribution is 7.16. The molecular formula is C30H28N2O2S. The highest BCUT2D eigenvalue weighted by Gasteiger charge is 2.27. The van der Waals surface area contributed by atoms with E-state index in [9.17, 15) is 4.79 Å². The second-order valence-electron chi connectivity index (χ2n) is 8.47. The SMILES string of the molecule is CCOC(=O)c1c(/N=C(/Nc2ccccc2-c2ccccc2)c2ccccc2)sc2c1CCCC2. The molecule has 4 aromatic rings. The third kappa shape index (κ3) is 5.05. The van der Waals surface area contributed by atoms with Gasteiger partial charge in [-0.25, -0.2) is 9.79 Å². The van der Waals surface area contributed by atoms with Gasteiger partial charge in [-0.3, -0.25) is 0 Å². The molecule has 0 bridgehead atoms. The number of para-hydroxylation sites is 1. The van der Waals surface area contributed by atoms with Crippen molar-refractivity contribution in [2.75, 3.05) is 11.9 Å². The molecule has 0 atom stereocenters. The zero-order chi connectivity index (χ0) is 24.0. The van der Waals surface area contributed by atoms with Gasteiger partial charge in [0.15, 0.2) is 0 Å². The van der Waals surface area contributed by atoms with Gasteiger partial charge < -0.3 is 10.1 Å². The zero-order valence-electron chi connectivity index (χ0n) is 19.8. The number of aryl methyl sites for hydroxylation is 1. The van der Waals surface area contributed by atoms with Gasteiger partial charge in [-0.05, 0) is 49.8 Å². The maximum absolute atomic E-state index is 13.0. The number of amidine groups is 1. The Hall–Kier alpha value is -3.70. The number of nitrogens with one attached hydrogen (secondary N) is 1. The molecule has 1 aliphatic carbocycles. The first-order valence-electron chi connectivity index (χ1n) is 12.1. The molecule has 35 heavy (non-hydrogen) atoms. The number of thiophene rings is 1. The number of benzene rings is 3. The van der Waals surface area contributed by atoms with Crippen LogP contribution in [0.25, 0.3) is 11.1 Å². The van der Waals surface area contributed by atoms with Crippen LogP contribution in [0.1, 0.15) is 46.1 Å². The Morgan fingerprint density at radius 3 is 2.37 bits per heavy atom. The second-order valence-corrected chi connectivity index (χ2v) is 9.56. The third-order valence-corrected chi connectivity index (χ3v) is 7.34. The Kier molecular flexibility index (Phi) is 7.05. The van der Waals surface area contributed by atoms with E-state index < -0.39 is 0 Å². The van der Waals surface area contributed by atoms with E-state index in [0.29, 0.717) is 18.0 Å². The lowest BCUT2D eigenvalue weighted by atomic mass is 9.95. The normalized spacial score (nSPS) is 13.2. The quantitative estimate of drug-likeness (QED) is 0.175. The first-order valence-corrected chi connectivity index (χ1v) is 12.9. The number of ether oxygens (including phenoxy) is 1. The van der Waals surface area contributed by atoms with Crippen molar-refractivity contribution in [3.63, 3.8) is 0 Å². The summed E-state index contributed by atoms with van der Waals surface area (Å²) in [6, 6.07) is 28.6. The van der Waals surface area contributed by atoms with Crippen molar-refractivity contribution in [2.24, 2.45) is 4.99 Å². The molecule has 5 heteroatoms. The van der Waals surface area contributed by atoms with Crippen LogP contribution in [0, 0.1) is 0 Å². The maximum Gasteiger partial charge on any atom is 0.341 e. The fourth-order valence-corrected chi connectivity index (χ4v) is 5.75. The van der Waals surface area contributed by atoms with Gasteiger partial charge in [0.2, 0.25) is 0 Å². The van der Waals surface area contributed by atoms with Crippen molar-refractivity contribution < 1.29 is 9.53 Å². The van der Waals surface area contributed by atoms with Gasteiger partial charge >= 0.3 is 5.97 Å². The monoisotopic (exact) mass is 480 g/mol. The van der Waals surface area contributed by atoms with Gasteiger partial charge in [0.05, 0.1) is 12.2 Å². The van der Waals surface area contributed by atoms with E-state index >= 15 is 0 Å². The van der Waals surface area contributed by atoms with Crippen LogP contribution in [-0.2, 0) is 17.6 Å². The summed E-state index contributed by atoms with van der Waals surface area (Å²) in [6.45, 7) is 2.19. The van der Waals surface area contributed by atoms with Crippen LogP contribution < -0.4 is 5.32 Å². The molecule has 1 heterocycles. The van der Waals surface area contributed by atoms with E-state index in [1.54, 1.807) is 11.3 Å². The summed E-state index contributed by atoms with van der Waals surface area (Å²) >= 11 is 1.62. The topological polar surface area (TPSA) is 50.7 Å². The van der Waals surface area contributed by atoms with Crippen LogP contribution in [-0.4, -0.2) is 18.4 Å². The fourth-order valence-electron chi connectivity index (χ4n) is 4.50. The Balaban J connectivity index is 1.62. The highest BCUT2D eigenvalue weighted by atomic mass is 32.1. The summed E-state index contributed by atoms with van der Waals surface area (Å²) < 4.78 is 5.45. The number of rotatable bonds is 6. The number of fused-ring (bicyclic) bond motifs is 1. The van der Waals surface area contributed by atoms with Gasteiger partial charge in [0.1, 0.15) is 10.8 Å². The molecule has 4 nitrogen and oxygen atoms in total.